The van der Waals surface area contributed by atoms with Crippen molar-refractivity contribution in [2.45, 2.75) is 30.8 Å². The largest absolute Gasteiger partial charge is 0.464 e. The lowest BCUT2D eigenvalue weighted by atomic mass is 9.66. The standard InChI is InChI=1S/C39H33FN4O2/c1-2-46-37(45)39(27-29-16-15-21-32(40)26-29)38(36(31-19-9-4-10-20-31)42-44(39)34-24-13-6-14-25-34)28-35(30-17-7-3-8-18-30)41-43(38)33-22-11-5-12-23-33/h3-26H,2,27-28H2,1H3/t38-,39-/m1/s1. The number of hydrazone groups is 2. The second kappa shape index (κ2) is 12.1. The van der Waals surface area contributed by atoms with Gasteiger partial charge >= 0.3 is 5.97 Å². The molecule has 0 radical (unpaired) electrons. The first kappa shape index (κ1) is 29.2. The van der Waals surface area contributed by atoms with Crippen LogP contribution in [0.2, 0.25) is 0 Å². The predicted molar refractivity (Wildman–Crippen MR) is 181 cm³/mol. The number of para-hydroxylation sites is 2. The average molecular weight is 609 g/mol. The predicted octanol–water partition coefficient (Wildman–Crippen LogP) is 7.65. The second-order valence-electron chi connectivity index (χ2n) is 11.4. The zero-order chi connectivity index (χ0) is 31.6. The first-order chi connectivity index (χ1) is 22.6. The molecular weight excluding hydrogens is 575 g/mol. The maximum atomic E-state index is 15.1. The van der Waals surface area contributed by atoms with Gasteiger partial charge in [0.05, 0.1) is 29.4 Å². The molecule has 0 fully saturated rings. The Balaban J connectivity index is 1.59. The Labute approximate surface area is 268 Å². The highest BCUT2D eigenvalue weighted by Crippen LogP contribution is 2.54. The van der Waals surface area contributed by atoms with Crippen molar-refractivity contribution < 1.29 is 13.9 Å². The topological polar surface area (TPSA) is 57.5 Å². The summed E-state index contributed by atoms with van der Waals surface area (Å²) in [5.41, 5.74) is 2.64. The number of rotatable bonds is 8. The Hall–Kier alpha value is -5.56. The lowest BCUT2D eigenvalue weighted by Crippen LogP contribution is -2.73. The van der Waals surface area contributed by atoms with Crippen molar-refractivity contribution in [2.24, 2.45) is 10.2 Å². The fourth-order valence-electron chi connectivity index (χ4n) is 6.82. The SMILES string of the molecule is CCOC(=O)[C@@]1(Cc2cccc(F)c2)N(c2ccccc2)N=C(c2ccccc2)[C@]12CC(c1ccccc1)=NN2c1ccccc1. The van der Waals surface area contributed by atoms with Crippen LogP contribution >= 0.6 is 0 Å². The zero-order valence-electron chi connectivity index (χ0n) is 25.5. The molecule has 0 unspecified atom stereocenters. The molecule has 0 bridgehead atoms. The molecule has 2 aliphatic rings. The van der Waals surface area contributed by atoms with E-state index >= 15 is 4.79 Å². The van der Waals surface area contributed by atoms with Crippen LogP contribution in [0.4, 0.5) is 15.8 Å². The third kappa shape index (κ3) is 4.76. The van der Waals surface area contributed by atoms with E-state index in [0.717, 1.165) is 22.5 Å². The molecule has 0 N–H and O–H groups in total. The van der Waals surface area contributed by atoms with Gasteiger partial charge in [0.2, 0.25) is 0 Å². The summed E-state index contributed by atoms with van der Waals surface area (Å²) in [7, 11) is 0. The minimum absolute atomic E-state index is 0.0965. The average Bonchev–Trinajstić information content (AvgIpc) is 3.64. The molecule has 6 nitrogen and oxygen atoms in total. The van der Waals surface area contributed by atoms with Gasteiger partial charge in [0, 0.05) is 18.4 Å². The molecule has 0 amide bonds. The minimum atomic E-state index is -1.53. The molecule has 7 rings (SSSR count). The molecule has 0 aromatic heterocycles. The molecule has 46 heavy (non-hydrogen) atoms. The van der Waals surface area contributed by atoms with Crippen LogP contribution in [0, 0.1) is 5.82 Å². The Bertz CT molecular complexity index is 1900. The van der Waals surface area contributed by atoms with Crippen molar-refractivity contribution in [3.05, 3.63) is 168 Å². The number of hydrogen-bond donors (Lipinski definition) is 0. The van der Waals surface area contributed by atoms with Crippen molar-refractivity contribution >= 4 is 28.8 Å². The summed E-state index contributed by atoms with van der Waals surface area (Å²) >= 11 is 0. The summed E-state index contributed by atoms with van der Waals surface area (Å²) in [6.45, 7) is 1.96. The number of carbonyl (C=O) groups excluding carboxylic acids is 1. The molecule has 0 saturated carbocycles. The molecule has 2 atom stereocenters. The summed E-state index contributed by atoms with van der Waals surface area (Å²) in [4.78, 5) is 15.1. The quantitative estimate of drug-likeness (QED) is 0.170. The van der Waals surface area contributed by atoms with E-state index in [1.165, 1.54) is 12.1 Å². The highest BCUT2D eigenvalue weighted by atomic mass is 19.1. The van der Waals surface area contributed by atoms with Gasteiger partial charge in [-0.1, -0.05) is 109 Å². The highest BCUT2D eigenvalue weighted by Gasteiger charge is 2.73. The third-order valence-corrected chi connectivity index (χ3v) is 8.76. The zero-order valence-corrected chi connectivity index (χ0v) is 25.5. The van der Waals surface area contributed by atoms with Crippen LogP contribution in [-0.4, -0.2) is 35.1 Å². The van der Waals surface area contributed by atoms with E-state index in [-0.39, 0.29) is 18.8 Å². The Morgan fingerprint density at radius 1 is 0.717 bits per heavy atom. The lowest BCUT2D eigenvalue weighted by molar-refractivity contribution is -0.151. The first-order valence-electron chi connectivity index (χ1n) is 15.5. The fourth-order valence-corrected chi connectivity index (χ4v) is 6.82. The number of carbonyl (C=O) groups is 1. The van der Waals surface area contributed by atoms with Gasteiger partial charge in [0.1, 0.15) is 11.4 Å². The molecule has 2 aliphatic heterocycles. The monoisotopic (exact) mass is 608 g/mol. The van der Waals surface area contributed by atoms with E-state index in [2.05, 4.69) is 0 Å². The number of esters is 1. The Morgan fingerprint density at radius 3 is 1.87 bits per heavy atom. The van der Waals surface area contributed by atoms with Crippen molar-refractivity contribution in [2.75, 3.05) is 16.6 Å². The van der Waals surface area contributed by atoms with Crippen LogP contribution in [0.1, 0.15) is 30.0 Å². The lowest BCUT2D eigenvalue weighted by Gasteiger charge is -2.49. The number of hydrogen-bond acceptors (Lipinski definition) is 6. The second-order valence-corrected chi connectivity index (χ2v) is 11.4. The molecule has 228 valence electrons. The van der Waals surface area contributed by atoms with Crippen molar-refractivity contribution in [1.29, 1.82) is 0 Å². The van der Waals surface area contributed by atoms with Crippen LogP contribution < -0.4 is 10.0 Å². The maximum Gasteiger partial charge on any atom is 0.337 e. The van der Waals surface area contributed by atoms with Gasteiger partial charge in [-0.2, -0.15) is 10.2 Å². The molecule has 5 aromatic carbocycles. The summed E-state index contributed by atoms with van der Waals surface area (Å²) in [5, 5.41) is 14.5. The number of nitrogens with zero attached hydrogens (tertiary/aromatic N) is 4. The van der Waals surface area contributed by atoms with Gasteiger partial charge in [-0.05, 0) is 54.4 Å². The number of halogens is 1. The highest BCUT2D eigenvalue weighted by molar-refractivity contribution is 6.22. The summed E-state index contributed by atoms with van der Waals surface area (Å²) < 4.78 is 20.9. The van der Waals surface area contributed by atoms with Gasteiger partial charge in [0.25, 0.3) is 0 Å². The van der Waals surface area contributed by atoms with Crippen molar-refractivity contribution in [1.82, 2.24) is 0 Å². The molecular formula is C39H33FN4O2. The molecule has 7 heteroatoms. The van der Waals surface area contributed by atoms with Crippen molar-refractivity contribution in [3.63, 3.8) is 0 Å². The fraction of sp³-hybridized carbons (Fsp3) is 0.154. The van der Waals surface area contributed by atoms with E-state index in [1.54, 1.807) is 18.0 Å². The summed E-state index contributed by atoms with van der Waals surface area (Å²) in [6, 6.07) is 45.8. The summed E-state index contributed by atoms with van der Waals surface area (Å²) in [5.74, 6) is -0.852. The van der Waals surface area contributed by atoms with E-state index in [0.29, 0.717) is 23.4 Å². The Morgan fingerprint density at radius 2 is 1.28 bits per heavy atom. The van der Waals surface area contributed by atoms with Gasteiger partial charge in [-0.15, -0.1) is 0 Å². The Kier molecular flexibility index (Phi) is 7.66. The first-order valence-corrected chi connectivity index (χ1v) is 15.5. The van der Waals surface area contributed by atoms with E-state index in [1.807, 2.05) is 132 Å². The van der Waals surface area contributed by atoms with Gasteiger partial charge in [0.15, 0.2) is 5.54 Å². The minimum Gasteiger partial charge on any atom is -0.464 e. The molecule has 0 aliphatic carbocycles. The van der Waals surface area contributed by atoms with Gasteiger partial charge in [-0.3, -0.25) is 0 Å². The molecule has 0 saturated heterocycles. The van der Waals surface area contributed by atoms with E-state index < -0.39 is 17.0 Å². The number of benzene rings is 5. The smallest absolute Gasteiger partial charge is 0.337 e. The van der Waals surface area contributed by atoms with Gasteiger partial charge in [-0.25, -0.2) is 19.2 Å². The normalized spacial score (nSPS) is 20.5. The van der Waals surface area contributed by atoms with E-state index in [4.69, 9.17) is 14.9 Å². The van der Waals surface area contributed by atoms with Crippen LogP contribution in [0.15, 0.2) is 156 Å². The maximum absolute atomic E-state index is 15.1. The van der Waals surface area contributed by atoms with Crippen LogP contribution in [0.3, 0.4) is 0 Å². The molecule has 1 spiro atoms. The number of anilines is 2. The summed E-state index contributed by atoms with van der Waals surface area (Å²) in [6.07, 6.45) is 0.427. The van der Waals surface area contributed by atoms with Crippen LogP contribution in [-0.2, 0) is 16.0 Å². The number of ether oxygens (including phenoxy) is 1. The van der Waals surface area contributed by atoms with Crippen LogP contribution in [0.5, 0.6) is 0 Å². The van der Waals surface area contributed by atoms with Crippen molar-refractivity contribution in [3.8, 4) is 0 Å². The third-order valence-electron chi connectivity index (χ3n) is 8.76. The van der Waals surface area contributed by atoms with Crippen LogP contribution in [0.25, 0.3) is 0 Å². The van der Waals surface area contributed by atoms with Gasteiger partial charge < -0.3 is 4.74 Å². The molecule has 2 heterocycles. The molecule has 5 aromatic rings. The van der Waals surface area contributed by atoms with E-state index in [9.17, 15) is 4.39 Å².